The zero-order valence-electron chi connectivity index (χ0n) is 11.2. The van der Waals surface area contributed by atoms with Crippen molar-refractivity contribution >= 4 is 26.8 Å². The van der Waals surface area contributed by atoms with E-state index in [0.29, 0.717) is 5.39 Å². The first-order chi connectivity index (χ1) is 9.81. The van der Waals surface area contributed by atoms with E-state index in [4.69, 9.17) is 0 Å². The van der Waals surface area contributed by atoms with Crippen LogP contribution in [0.3, 0.4) is 0 Å². The van der Waals surface area contributed by atoms with Crippen LogP contribution in [0.15, 0.2) is 47.4 Å². The minimum atomic E-state index is -4.07. The monoisotopic (exact) mass is 308 g/mol. The Hall–Kier alpha value is -1.96. The van der Waals surface area contributed by atoms with Gasteiger partial charge in [0.05, 0.1) is 23.0 Å². The van der Waals surface area contributed by atoms with E-state index in [9.17, 15) is 23.4 Å². The molecule has 0 fully saturated rings. The number of carbonyl (C=O) groups is 1. The van der Waals surface area contributed by atoms with Crippen molar-refractivity contribution in [3.05, 3.63) is 42.5 Å². The Morgan fingerprint density at radius 3 is 2.38 bits per heavy atom. The number of benzene rings is 2. The molecule has 0 amide bonds. The summed E-state index contributed by atoms with van der Waals surface area (Å²) in [5.41, 5.74) is 0. The number of carboxylic acids is 1. The molecule has 2 rings (SSSR count). The first-order valence-electron chi connectivity index (χ1n) is 6.21. The van der Waals surface area contributed by atoms with E-state index in [2.05, 4.69) is 0 Å². The number of aliphatic hydroxyl groups is 1. The Kier molecular flexibility index (Phi) is 4.26. The lowest BCUT2D eigenvalue weighted by Crippen LogP contribution is -2.53. The Morgan fingerprint density at radius 1 is 1.19 bits per heavy atom. The van der Waals surface area contributed by atoms with E-state index in [1.807, 2.05) is 16.9 Å². The van der Waals surface area contributed by atoms with Crippen LogP contribution in [0.25, 0.3) is 10.8 Å². The van der Waals surface area contributed by atoms with Gasteiger partial charge < -0.3 is 15.0 Å². The van der Waals surface area contributed by atoms with E-state index in [1.165, 1.54) is 19.1 Å². The van der Waals surface area contributed by atoms with Gasteiger partial charge in [-0.1, -0.05) is 30.3 Å². The molecule has 0 unspecified atom stereocenters. The summed E-state index contributed by atoms with van der Waals surface area (Å²) in [7, 11) is -4.07. The molecular weight excluding hydrogens is 294 g/mol. The third-order valence-electron chi connectivity index (χ3n) is 3.05. The van der Waals surface area contributed by atoms with Crippen molar-refractivity contribution in [3.8, 4) is 0 Å². The smallest absolute Gasteiger partial charge is 0.241 e. The summed E-state index contributed by atoms with van der Waals surface area (Å²) in [5.74, 6) is -1.69. The lowest BCUT2D eigenvalue weighted by molar-refractivity contribution is -0.309. The molecule has 112 valence electrons. The Balaban J connectivity index is 2.39. The summed E-state index contributed by atoms with van der Waals surface area (Å²) < 4.78 is 26.3. The zero-order chi connectivity index (χ0) is 15.6. The lowest BCUT2D eigenvalue weighted by Gasteiger charge is -2.22. The van der Waals surface area contributed by atoms with Crippen molar-refractivity contribution in [3.63, 3.8) is 0 Å². The molecule has 2 N–H and O–H groups in total. The number of sulfonamides is 1. The van der Waals surface area contributed by atoms with Crippen LogP contribution in [0.4, 0.5) is 0 Å². The minimum Gasteiger partial charge on any atom is -0.548 e. The van der Waals surface area contributed by atoms with Crippen LogP contribution in [-0.4, -0.2) is 31.6 Å². The third kappa shape index (κ3) is 3.38. The SMILES string of the molecule is C[C@@H](O)[C@H](NS(=O)(=O)c1ccc2ccccc2c1)C(=O)[O-]. The van der Waals surface area contributed by atoms with Crippen molar-refractivity contribution in [1.29, 1.82) is 0 Å². The number of carbonyl (C=O) groups excluding carboxylic acids is 1. The lowest BCUT2D eigenvalue weighted by atomic mass is 10.1. The molecule has 0 aliphatic carbocycles. The van der Waals surface area contributed by atoms with Gasteiger partial charge in [-0.2, -0.15) is 4.72 Å². The molecule has 0 saturated carbocycles. The van der Waals surface area contributed by atoms with Gasteiger partial charge in [-0.15, -0.1) is 0 Å². The highest BCUT2D eigenvalue weighted by molar-refractivity contribution is 7.89. The Labute approximate surface area is 122 Å². The highest BCUT2D eigenvalue weighted by Gasteiger charge is 2.24. The summed E-state index contributed by atoms with van der Waals surface area (Å²) in [6.07, 6.45) is -1.41. The van der Waals surface area contributed by atoms with Crippen LogP contribution >= 0.6 is 0 Å². The van der Waals surface area contributed by atoms with Gasteiger partial charge in [-0.3, -0.25) is 0 Å². The quantitative estimate of drug-likeness (QED) is 0.783. The van der Waals surface area contributed by atoms with Crippen LogP contribution < -0.4 is 9.83 Å². The second-order valence-electron chi connectivity index (χ2n) is 4.67. The molecule has 0 bridgehead atoms. The first-order valence-corrected chi connectivity index (χ1v) is 7.69. The molecular formula is C14H14NO5S-. The van der Waals surface area contributed by atoms with E-state index in [1.54, 1.807) is 18.2 Å². The largest absolute Gasteiger partial charge is 0.548 e. The number of nitrogens with one attached hydrogen (secondary N) is 1. The molecule has 6 nitrogen and oxygen atoms in total. The maximum absolute atomic E-state index is 12.2. The Bertz CT molecular complexity index is 770. The maximum Gasteiger partial charge on any atom is 0.241 e. The number of aliphatic carboxylic acids is 1. The van der Waals surface area contributed by atoms with Crippen molar-refractivity contribution in [1.82, 2.24) is 4.72 Å². The van der Waals surface area contributed by atoms with Crippen LogP contribution in [0.1, 0.15) is 6.92 Å². The minimum absolute atomic E-state index is 0.0758. The van der Waals surface area contributed by atoms with Gasteiger partial charge >= 0.3 is 0 Å². The van der Waals surface area contributed by atoms with Gasteiger partial charge in [0.25, 0.3) is 0 Å². The molecule has 2 aromatic rings. The van der Waals surface area contributed by atoms with Gasteiger partial charge in [-0.25, -0.2) is 8.42 Å². The van der Waals surface area contributed by atoms with Gasteiger partial charge in [-0.05, 0) is 29.8 Å². The summed E-state index contributed by atoms with van der Waals surface area (Å²) in [6, 6.07) is 9.91. The molecule has 0 aromatic heterocycles. The highest BCUT2D eigenvalue weighted by atomic mass is 32.2. The molecule has 7 heteroatoms. The zero-order valence-corrected chi connectivity index (χ0v) is 12.0. The fourth-order valence-corrected chi connectivity index (χ4v) is 3.21. The number of aliphatic hydroxyl groups excluding tert-OH is 1. The Morgan fingerprint density at radius 2 is 1.81 bits per heavy atom. The molecule has 0 radical (unpaired) electrons. The molecule has 0 saturated heterocycles. The van der Waals surface area contributed by atoms with Gasteiger partial charge in [0, 0.05) is 0 Å². The summed E-state index contributed by atoms with van der Waals surface area (Å²) in [4.78, 5) is 10.8. The second kappa shape index (κ2) is 5.80. The number of rotatable bonds is 5. The van der Waals surface area contributed by atoms with Crippen molar-refractivity contribution < 1.29 is 23.4 Å². The summed E-state index contributed by atoms with van der Waals surface area (Å²) in [5, 5.41) is 21.8. The third-order valence-corrected chi connectivity index (χ3v) is 4.49. The molecule has 0 spiro atoms. The van der Waals surface area contributed by atoms with Crippen molar-refractivity contribution in [2.45, 2.75) is 24.0 Å². The average Bonchev–Trinajstić information content (AvgIpc) is 2.43. The maximum atomic E-state index is 12.2. The standard InChI is InChI=1S/C14H15NO5S/c1-9(16)13(14(17)18)15-21(19,20)12-7-6-10-4-2-3-5-11(10)8-12/h2-9,13,15-16H,1H3,(H,17,18)/p-1/t9-,13+/m1/s1. The topological polar surface area (TPSA) is 107 Å². The van der Waals surface area contributed by atoms with Crippen LogP contribution in [0, 0.1) is 0 Å². The molecule has 0 aliphatic rings. The van der Waals surface area contributed by atoms with Crippen molar-refractivity contribution in [2.75, 3.05) is 0 Å². The number of carboxylic acid groups (broad SMARTS) is 1. The molecule has 2 atom stereocenters. The van der Waals surface area contributed by atoms with Crippen molar-refractivity contribution in [2.24, 2.45) is 0 Å². The van der Waals surface area contributed by atoms with Crippen LogP contribution in [0.5, 0.6) is 0 Å². The predicted octanol–water partition coefficient (Wildman–Crippen LogP) is -0.383. The summed E-state index contributed by atoms with van der Waals surface area (Å²) in [6.45, 7) is 1.17. The average molecular weight is 308 g/mol. The van der Waals surface area contributed by atoms with E-state index in [0.717, 1.165) is 5.39 Å². The highest BCUT2D eigenvalue weighted by Crippen LogP contribution is 2.19. The van der Waals surface area contributed by atoms with E-state index in [-0.39, 0.29) is 4.90 Å². The van der Waals surface area contributed by atoms with Gasteiger partial charge in [0.1, 0.15) is 0 Å². The molecule has 0 heterocycles. The first kappa shape index (κ1) is 15.4. The fraction of sp³-hybridized carbons (Fsp3) is 0.214. The van der Waals surface area contributed by atoms with Gasteiger partial charge in [0.15, 0.2) is 0 Å². The van der Waals surface area contributed by atoms with E-state index < -0.39 is 28.1 Å². The summed E-state index contributed by atoms with van der Waals surface area (Å²) >= 11 is 0. The number of fused-ring (bicyclic) bond motifs is 1. The van der Waals surface area contributed by atoms with E-state index >= 15 is 0 Å². The molecule has 21 heavy (non-hydrogen) atoms. The van der Waals surface area contributed by atoms with Crippen LogP contribution in [-0.2, 0) is 14.8 Å². The number of hydrogen-bond donors (Lipinski definition) is 2. The fourth-order valence-electron chi connectivity index (χ4n) is 1.91. The second-order valence-corrected chi connectivity index (χ2v) is 6.38. The van der Waals surface area contributed by atoms with Crippen LogP contribution in [0.2, 0.25) is 0 Å². The normalized spacial score (nSPS) is 14.8. The number of hydrogen-bond acceptors (Lipinski definition) is 5. The molecule has 2 aromatic carbocycles. The predicted molar refractivity (Wildman–Crippen MR) is 74.7 cm³/mol. The van der Waals surface area contributed by atoms with Gasteiger partial charge in [0.2, 0.25) is 10.0 Å². The molecule has 0 aliphatic heterocycles.